The number of alkyl halides is 1. The quantitative estimate of drug-likeness (QED) is 0.743. The highest BCUT2D eigenvalue weighted by Gasteiger charge is 2.26. The van der Waals surface area contributed by atoms with Gasteiger partial charge in [-0.1, -0.05) is 52.5 Å². The van der Waals surface area contributed by atoms with Crippen LogP contribution in [0.1, 0.15) is 42.4 Å². The minimum Gasteiger partial charge on any atom is -0.339 e. The maximum absolute atomic E-state index is 12.7. The molecule has 0 aliphatic heterocycles. The summed E-state index contributed by atoms with van der Waals surface area (Å²) in [6, 6.07) is 6.83. The van der Waals surface area contributed by atoms with Gasteiger partial charge in [0, 0.05) is 17.9 Å². The van der Waals surface area contributed by atoms with Gasteiger partial charge in [0.05, 0.1) is 6.42 Å². The lowest BCUT2D eigenvalue weighted by atomic mass is 10.0. The van der Waals surface area contributed by atoms with Crippen molar-refractivity contribution in [2.45, 2.75) is 52.0 Å². The van der Waals surface area contributed by atoms with Crippen LogP contribution in [0.5, 0.6) is 0 Å². The van der Waals surface area contributed by atoms with Crippen molar-refractivity contribution in [1.29, 1.82) is 0 Å². The zero-order chi connectivity index (χ0) is 14.5. The molecule has 0 unspecified atom stereocenters. The highest BCUT2D eigenvalue weighted by molar-refractivity contribution is 9.09. The predicted molar refractivity (Wildman–Crippen MR) is 87.4 cm³/mol. The zero-order valence-corrected chi connectivity index (χ0v) is 14.1. The summed E-state index contributed by atoms with van der Waals surface area (Å²) in [5.41, 5.74) is 3.62. The van der Waals surface area contributed by atoms with Gasteiger partial charge in [-0.25, -0.2) is 0 Å². The maximum Gasteiger partial charge on any atom is 0.227 e. The van der Waals surface area contributed by atoms with Gasteiger partial charge < -0.3 is 4.90 Å². The van der Waals surface area contributed by atoms with E-state index in [2.05, 4.69) is 52.9 Å². The van der Waals surface area contributed by atoms with Crippen LogP contribution in [-0.4, -0.2) is 28.7 Å². The van der Waals surface area contributed by atoms with Crippen LogP contribution < -0.4 is 0 Å². The summed E-state index contributed by atoms with van der Waals surface area (Å²) < 4.78 is 0. The lowest BCUT2D eigenvalue weighted by Crippen LogP contribution is -2.41. The monoisotopic (exact) mass is 337 g/mol. The van der Waals surface area contributed by atoms with E-state index >= 15 is 0 Å². The number of carbonyl (C=O) groups excluding carboxylic acids is 1. The first-order valence-corrected chi connectivity index (χ1v) is 8.65. The highest BCUT2D eigenvalue weighted by Crippen LogP contribution is 2.24. The summed E-state index contributed by atoms with van der Waals surface area (Å²) in [6.07, 6.45) is 5.41. The number of rotatable bonds is 5. The van der Waals surface area contributed by atoms with Crippen molar-refractivity contribution in [3.63, 3.8) is 0 Å². The van der Waals surface area contributed by atoms with Gasteiger partial charge >= 0.3 is 0 Å². The molecule has 0 radical (unpaired) electrons. The van der Waals surface area contributed by atoms with Crippen LogP contribution in [0.3, 0.4) is 0 Å². The Morgan fingerprint density at radius 2 is 2.00 bits per heavy atom. The van der Waals surface area contributed by atoms with Crippen molar-refractivity contribution in [1.82, 2.24) is 4.90 Å². The van der Waals surface area contributed by atoms with Crippen molar-refractivity contribution in [2.75, 3.05) is 11.9 Å². The summed E-state index contributed by atoms with van der Waals surface area (Å²) in [4.78, 5) is 14.8. The number of hydrogen-bond acceptors (Lipinski definition) is 1. The lowest BCUT2D eigenvalue weighted by molar-refractivity contribution is -0.132. The molecule has 0 saturated heterocycles. The Morgan fingerprint density at radius 1 is 1.30 bits per heavy atom. The third kappa shape index (κ3) is 3.85. The van der Waals surface area contributed by atoms with Gasteiger partial charge in [-0.3, -0.25) is 4.79 Å². The van der Waals surface area contributed by atoms with E-state index in [1.54, 1.807) is 0 Å². The van der Waals surface area contributed by atoms with Crippen LogP contribution in [-0.2, 0) is 11.2 Å². The van der Waals surface area contributed by atoms with Gasteiger partial charge in [-0.05, 0) is 37.8 Å². The molecule has 3 heteroatoms. The molecular weight excluding hydrogens is 314 g/mol. The number of hydrogen-bond donors (Lipinski definition) is 0. The fraction of sp³-hybridized carbons (Fsp3) is 0.588. The Balaban J connectivity index is 2.09. The molecule has 1 aromatic carbocycles. The van der Waals surface area contributed by atoms with Crippen LogP contribution in [0, 0.1) is 13.8 Å². The third-order valence-corrected chi connectivity index (χ3v) is 4.61. The minimum atomic E-state index is 0.282. The Hall–Kier alpha value is -0.830. The minimum absolute atomic E-state index is 0.282. The molecule has 1 amide bonds. The molecular formula is C17H24BrNO. The van der Waals surface area contributed by atoms with Crippen LogP contribution in [0.25, 0.3) is 0 Å². The van der Waals surface area contributed by atoms with Gasteiger partial charge in [0.2, 0.25) is 5.91 Å². The van der Waals surface area contributed by atoms with E-state index in [-0.39, 0.29) is 5.91 Å². The van der Waals surface area contributed by atoms with Crippen LogP contribution in [0.15, 0.2) is 18.2 Å². The second kappa shape index (κ2) is 7.26. The SMILES string of the molecule is Cc1ccc(C)c(CC(=O)N(CCBr)C2CCCC2)c1. The number of aryl methyl sites for hydroxylation is 2. The van der Waals surface area contributed by atoms with Crippen molar-refractivity contribution in [3.05, 3.63) is 34.9 Å². The molecule has 0 spiro atoms. The van der Waals surface area contributed by atoms with Gasteiger partial charge in [0.25, 0.3) is 0 Å². The molecule has 1 aliphatic carbocycles. The lowest BCUT2D eigenvalue weighted by Gasteiger charge is -2.28. The smallest absolute Gasteiger partial charge is 0.227 e. The van der Waals surface area contributed by atoms with Crippen molar-refractivity contribution in [2.24, 2.45) is 0 Å². The van der Waals surface area contributed by atoms with Crippen LogP contribution in [0.4, 0.5) is 0 Å². The van der Waals surface area contributed by atoms with Crippen LogP contribution >= 0.6 is 15.9 Å². The van der Waals surface area contributed by atoms with E-state index in [1.807, 2.05) is 0 Å². The Kier molecular flexibility index (Phi) is 5.64. The molecule has 2 nitrogen and oxygen atoms in total. The largest absolute Gasteiger partial charge is 0.339 e. The summed E-state index contributed by atoms with van der Waals surface area (Å²) in [6.45, 7) is 5.00. The molecule has 0 N–H and O–H groups in total. The molecule has 0 heterocycles. The van der Waals surface area contributed by atoms with E-state index in [0.717, 1.165) is 11.9 Å². The van der Waals surface area contributed by atoms with E-state index < -0.39 is 0 Å². The number of carbonyl (C=O) groups is 1. The van der Waals surface area contributed by atoms with Crippen molar-refractivity contribution < 1.29 is 4.79 Å². The molecule has 0 bridgehead atoms. The Labute approximate surface area is 130 Å². The normalized spacial score (nSPS) is 15.6. The van der Waals surface area contributed by atoms with E-state index in [0.29, 0.717) is 12.5 Å². The number of halogens is 1. The topological polar surface area (TPSA) is 20.3 Å². The van der Waals surface area contributed by atoms with Crippen LogP contribution in [0.2, 0.25) is 0 Å². The van der Waals surface area contributed by atoms with Gasteiger partial charge in [0.1, 0.15) is 0 Å². The fourth-order valence-corrected chi connectivity index (χ4v) is 3.46. The number of amides is 1. The molecule has 0 aromatic heterocycles. The van der Waals surface area contributed by atoms with Gasteiger partial charge in [0.15, 0.2) is 0 Å². The average molecular weight is 338 g/mol. The van der Waals surface area contributed by atoms with Crippen molar-refractivity contribution in [3.8, 4) is 0 Å². The van der Waals surface area contributed by atoms with E-state index in [4.69, 9.17) is 0 Å². The maximum atomic E-state index is 12.7. The second-order valence-corrected chi connectivity index (χ2v) is 6.61. The first-order valence-electron chi connectivity index (χ1n) is 7.53. The molecule has 1 aliphatic rings. The summed E-state index contributed by atoms with van der Waals surface area (Å²) in [7, 11) is 0. The third-order valence-electron chi connectivity index (χ3n) is 4.26. The second-order valence-electron chi connectivity index (χ2n) is 5.82. The summed E-state index contributed by atoms with van der Waals surface area (Å²) >= 11 is 3.48. The summed E-state index contributed by atoms with van der Waals surface area (Å²) in [5, 5.41) is 0.863. The Bertz CT molecular complexity index is 466. The molecule has 2 rings (SSSR count). The van der Waals surface area contributed by atoms with Gasteiger partial charge in [-0.15, -0.1) is 0 Å². The molecule has 1 saturated carbocycles. The van der Waals surface area contributed by atoms with E-state index in [1.165, 1.54) is 42.4 Å². The molecule has 20 heavy (non-hydrogen) atoms. The zero-order valence-electron chi connectivity index (χ0n) is 12.5. The van der Waals surface area contributed by atoms with Gasteiger partial charge in [-0.2, -0.15) is 0 Å². The van der Waals surface area contributed by atoms with E-state index in [9.17, 15) is 4.79 Å². The standard InChI is InChI=1S/C17H24BrNO/c1-13-7-8-14(2)15(11-13)12-17(20)19(10-9-18)16-5-3-4-6-16/h7-8,11,16H,3-6,9-10,12H2,1-2H3. The average Bonchev–Trinajstić information content (AvgIpc) is 2.93. The van der Waals surface area contributed by atoms with Crippen molar-refractivity contribution >= 4 is 21.8 Å². The first-order chi connectivity index (χ1) is 9.61. The predicted octanol–water partition coefficient (Wildman–Crippen LogP) is 4.01. The molecule has 0 atom stereocenters. The number of nitrogens with zero attached hydrogens (tertiary/aromatic N) is 1. The fourth-order valence-electron chi connectivity index (χ4n) is 3.07. The Morgan fingerprint density at radius 3 is 2.65 bits per heavy atom. The summed E-state index contributed by atoms with van der Waals surface area (Å²) in [5.74, 6) is 0.282. The molecule has 110 valence electrons. The molecule has 1 aromatic rings. The first kappa shape index (κ1) is 15.6. The highest BCUT2D eigenvalue weighted by atomic mass is 79.9. The number of benzene rings is 1. The molecule has 1 fully saturated rings.